The van der Waals surface area contributed by atoms with Gasteiger partial charge in [0.05, 0.1) is 22.6 Å². The second-order valence-corrected chi connectivity index (χ2v) is 11.5. The monoisotopic (exact) mass is 587 g/mol. The first kappa shape index (κ1) is 26.2. The summed E-state index contributed by atoms with van der Waals surface area (Å²) in [6.45, 7) is 0. The van der Waals surface area contributed by atoms with E-state index in [1.807, 2.05) is 60.3 Å². The highest BCUT2D eigenvalue weighted by atomic mass is 35.5. The number of Topliss-reactive ketones (excluding diaryl/α,β-unsaturated/α-hetero) is 1. The van der Waals surface area contributed by atoms with Gasteiger partial charge < -0.3 is 10.1 Å². The number of hydrogen-bond acceptors (Lipinski definition) is 8. The summed E-state index contributed by atoms with van der Waals surface area (Å²) in [7, 11) is 1.81. The third kappa shape index (κ3) is 4.90. The van der Waals surface area contributed by atoms with Gasteiger partial charge in [0, 0.05) is 30.0 Å². The topological polar surface area (TPSA) is 99.0 Å². The fourth-order valence-corrected chi connectivity index (χ4v) is 6.69. The smallest absolute Gasteiger partial charge is 0.242 e. The molecular formula is C29H22ClN5O3S2. The van der Waals surface area contributed by atoms with Gasteiger partial charge in [-0.05, 0) is 52.7 Å². The summed E-state index contributed by atoms with van der Waals surface area (Å²) < 4.78 is 7.92. The Morgan fingerprint density at radius 3 is 2.65 bits per heavy atom. The number of aryl methyl sites for hydroxylation is 1. The molecule has 1 saturated heterocycles. The fourth-order valence-electron chi connectivity index (χ4n) is 4.71. The molecule has 2 aromatic carbocycles. The van der Waals surface area contributed by atoms with Crippen LogP contribution in [-0.2, 0) is 22.2 Å². The Bertz CT molecular complexity index is 1690. The second-order valence-electron chi connectivity index (χ2n) is 9.18. The molecule has 3 aromatic heterocycles. The van der Waals surface area contributed by atoms with E-state index in [-0.39, 0.29) is 12.2 Å². The zero-order chi connectivity index (χ0) is 27.7. The Hall–Kier alpha value is -3.99. The van der Waals surface area contributed by atoms with E-state index in [0.717, 1.165) is 28.6 Å². The summed E-state index contributed by atoms with van der Waals surface area (Å²) in [6, 6.07) is 22.0. The van der Waals surface area contributed by atoms with Crippen molar-refractivity contribution in [1.29, 1.82) is 0 Å². The average Bonchev–Trinajstić information content (AvgIpc) is 3.65. The number of nitrogens with one attached hydrogen (secondary N) is 1. The second kappa shape index (κ2) is 10.9. The third-order valence-corrected chi connectivity index (χ3v) is 9.10. The molecular weight excluding hydrogens is 566 g/mol. The maximum Gasteiger partial charge on any atom is 0.242 e. The molecule has 1 aliphatic rings. The van der Waals surface area contributed by atoms with Crippen molar-refractivity contribution in [3.05, 3.63) is 106 Å². The predicted molar refractivity (Wildman–Crippen MR) is 155 cm³/mol. The summed E-state index contributed by atoms with van der Waals surface area (Å²) in [5, 5.41) is 14.5. The number of ketones is 1. The van der Waals surface area contributed by atoms with Crippen LogP contribution in [0.3, 0.4) is 0 Å². The molecule has 0 spiro atoms. The molecule has 1 N–H and O–H groups in total. The number of nitrogens with zero attached hydrogens (tertiary/aromatic N) is 4. The van der Waals surface area contributed by atoms with E-state index >= 15 is 0 Å². The summed E-state index contributed by atoms with van der Waals surface area (Å²) in [4.78, 5) is 32.6. The number of thioether (sulfide) groups is 1. The average molecular weight is 588 g/mol. The van der Waals surface area contributed by atoms with Crippen LogP contribution in [0.4, 0.5) is 0 Å². The molecule has 2 atom stereocenters. The number of carbonyl (C=O) groups is 2. The molecule has 2 unspecified atom stereocenters. The van der Waals surface area contributed by atoms with E-state index in [9.17, 15) is 9.59 Å². The molecule has 6 rings (SSSR count). The van der Waals surface area contributed by atoms with Crippen LogP contribution in [0.2, 0.25) is 5.02 Å². The number of carbonyl (C=O) groups excluding carboxylic acids is 2. The van der Waals surface area contributed by atoms with Crippen LogP contribution >= 0.6 is 34.7 Å². The predicted octanol–water partition coefficient (Wildman–Crippen LogP) is 5.88. The minimum atomic E-state index is -1.14. The van der Waals surface area contributed by atoms with Crippen molar-refractivity contribution in [1.82, 2.24) is 25.3 Å². The summed E-state index contributed by atoms with van der Waals surface area (Å²) >= 11 is 8.96. The molecule has 0 bridgehead atoms. The molecule has 1 aliphatic heterocycles. The number of rotatable bonds is 7. The van der Waals surface area contributed by atoms with Gasteiger partial charge in [0.1, 0.15) is 16.5 Å². The molecule has 200 valence electrons. The summed E-state index contributed by atoms with van der Waals surface area (Å²) in [6.07, 6.45) is 1.70. The molecule has 0 aliphatic carbocycles. The third-order valence-electron chi connectivity index (χ3n) is 6.65. The SMILES string of the molecule is Cn1nncc1-c1ccccc1Oc1cccc(C2(c3ccsc3)CC(=O)C(Sc3ccccc3Cl)C(=O)N2)n1. The molecule has 8 nitrogen and oxygen atoms in total. The number of halogens is 1. The van der Waals surface area contributed by atoms with Crippen molar-refractivity contribution in [3.8, 4) is 22.9 Å². The standard InChI is InChI=1S/C29H22ClN5O3S2/c1-35-21(16-31-34-35)19-7-2-4-9-23(19)38-26-12-6-11-25(32-26)29(18-13-14-39-17-18)15-22(36)27(28(37)33-29)40-24-10-5-3-8-20(24)30/h2-14,16-17,27H,15H2,1H3,(H,33,37). The van der Waals surface area contributed by atoms with Gasteiger partial charge in [-0.2, -0.15) is 11.3 Å². The lowest BCUT2D eigenvalue weighted by Crippen LogP contribution is -2.58. The van der Waals surface area contributed by atoms with Crippen molar-refractivity contribution in [2.24, 2.45) is 7.05 Å². The molecule has 4 heterocycles. The molecule has 0 saturated carbocycles. The van der Waals surface area contributed by atoms with Crippen LogP contribution in [0.25, 0.3) is 11.3 Å². The number of pyridine rings is 1. The zero-order valence-electron chi connectivity index (χ0n) is 21.2. The van der Waals surface area contributed by atoms with Crippen LogP contribution in [0.1, 0.15) is 17.7 Å². The number of aromatic nitrogens is 4. The number of thiophene rings is 1. The summed E-state index contributed by atoms with van der Waals surface area (Å²) in [5.41, 5.74) is 1.73. The van der Waals surface area contributed by atoms with Gasteiger partial charge in [0.2, 0.25) is 11.8 Å². The highest BCUT2D eigenvalue weighted by Gasteiger charge is 2.48. The molecule has 5 aromatic rings. The minimum Gasteiger partial charge on any atom is -0.438 e. The molecule has 11 heteroatoms. The van der Waals surface area contributed by atoms with Crippen LogP contribution in [0.5, 0.6) is 11.6 Å². The van der Waals surface area contributed by atoms with E-state index < -0.39 is 16.7 Å². The highest BCUT2D eigenvalue weighted by molar-refractivity contribution is 8.01. The number of para-hydroxylation sites is 1. The van der Waals surface area contributed by atoms with Crippen molar-refractivity contribution < 1.29 is 14.3 Å². The number of hydrogen-bond donors (Lipinski definition) is 1. The van der Waals surface area contributed by atoms with Gasteiger partial charge in [-0.1, -0.05) is 47.1 Å². The van der Waals surface area contributed by atoms with Gasteiger partial charge in [-0.25, -0.2) is 9.67 Å². The molecule has 1 fully saturated rings. The number of benzene rings is 2. The Morgan fingerprint density at radius 2 is 1.90 bits per heavy atom. The Balaban J connectivity index is 1.34. The van der Waals surface area contributed by atoms with E-state index in [0.29, 0.717) is 27.2 Å². The maximum atomic E-state index is 13.6. The van der Waals surface area contributed by atoms with Crippen LogP contribution in [0.15, 0.2) is 94.6 Å². The zero-order valence-corrected chi connectivity index (χ0v) is 23.5. The van der Waals surface area contributed by atoms with Gasteiger partial charge in [0.25, 0.3) is 0 Å². The lowest BCUT2D eigenvalue weighted by Gasteiger charge is -2.39. The molecule has 40 heavy (non-hydrogen) atoms. The van der Waals surface area contributed by atoms with E-state index in [1.165, 1.54) is 11.3 Å². The Kier molecular flexibility index (Phi) is 7.14. The first-order valence-electron chi connectivity index (χ1n) is 12.3. The lowest BCUT2D eigenvalue weighted by atomic mass is 9.79. The van der Waals surface area contributed by atoms with Crippen molar-refractivity contribution in [2.75, 3.05) is 0 Å². The highest BCUT2D eigenvalue weighted by Crippen LogP contribution is 2.42. The molecule has 0 radical (unpaired) electrons. The largest absolute Gasteiger partial charge is 0.438 e. The van der Waals surface area contributed by atoms with Gasteiger partial charge in [-0.15, -0.1) is 16.9 Å². The lowest BCUT2D eigenvalue weighted by molar-refractivity contribution is -0.133. The number of amides is 1. The Labute approximate surface area is 243 Å². The first-order valence-corrected chi connectivity index (χ1v) is 14.5. The number of ether oxygens (including phenoxy) is 1. The maximum absolute atomic E-state index is 13.6. The quantitative estimate of drug-likeness (QED) is 0.237. The summed E-state index contributed by atoms with van der Waals surface area (Å²) in [5.74, 6) is 0.294. The van der Waals surface area contributed by atoms with Crippen molar-refractivity contribution >= 4 is 46.4 Å². The fraction of sp³-hybridized carbons (Fsp3) is 0.138. The van der Waals surface area contributed by atoms with E-state index in [4.69, 9.17) is 21.3 Å². The Morgan fingerprint density at radius 1 is 1.07 bits per heavy atom. The van der Waals surface area contributed by atoms with Crippen LogP contribution in [-0.4, -0.2) is 36.9 Å². The van der Waals surface area contributed by atoms with Gasteiger partial charge >= 0.3 is 0 Å². The van der Waals surface area contributed by atoms with Crippen molar-refractivity contribution in [2.45, 2.75) is 22.1 Å². The van der Waals surface area contributed by atoms with E-state index in [2.05, 4.69) is 15.6 Å². The normalized spacial score (nSPS) is 18.9. The first-order chi connectivity index (χ1) is 19.4. The van der Waals surface area contributed by atoms with Crippen LogP contribution in [0, 0.1) is 0 Å². The van der Waals surface area contributed by atoms with Gasteiger partial charge in [0.15, 0.2) is 5.78 Å². The minimum absolute atomic E-state index is 0.0331. The van der Waals surface area contributed by atoms with E-state index in [1.54, 1.807) is 41.2 Å². The number of piperidine rings is 1. The molecule has 1 amide bonds. The van der Waals surface area contributed by atoms with Gasteiger partial charge in [-0.3, -0.25) is 9.59 Å². The van der Waals surface area contributed by atoms with Crippen LogP contribution < -0.4 is 10.1 Å². The van der Waals surface area contributed by atoms with Crippen molar-refractivity contribution in [3.63, 3.8) is 0 Å².